The second kappa shape index (κ2) is 11.5. The molecule has 34 heavy (non-hydrogen) atoms. The number of hydrogen-bond acceptors (Lipinski definition) is 3. The van der Waals surface area contributed by atoms with Crippen molar-refractivity contribution >= 4 is 11.6 Å². The maximum Gasteiger partial charge on any atom is 0.248 e. The normalized spacial score (nSPS) is 16.4. The first-order chi connectivity index (χ1) is 16.5. The van der Waals surface area contributed by atoms with Crippen LogP contribution in [0.2, 0.25) is 0 Å². The summed E-state index contributed by atoms with van der Waals surface area (Å²) < 4.78 is 5.82. The minimum absolute atomic E-state index is 0.0690. The van der Waals surface area contributed by atoms with E-state index in [1.807, 2.05) is 35.2 Å². The molecular formula is C30H36N2O2. The van der Waals surface area contributed by atoms with Gasteiger partial charge in [-0.1, -0.05) is 66.2 Å². The average molecular weight is 457 g/mol. The van der Waals surface area contributed by atoms with E-state index < -0.39 is 6.04 Å². The fraction of sp³-hybridized carbons (Fsp3) is 0.367. The van der Waals surface area contributed by atoms with Gasteiger partial charge in [0.2, 0.25) is 5.91 Å². The average Bonchev–Trinajstić information content (AvgIpc) is 3.37. The van der Waals surface area contributed by atoms with Gasteiger partial charge in [0.1, 0.15) is 6.04 Å². The van der Waals surface area contributed by atoms with Crippen LogP contribution >= 0.6 is 0 Å². The maximum atomic E-state index is 14.1. The molecule has 4 rings (SSSR count). The highest BCUT2D eigenvalue weighted by molar-refractivity contribution is 5.98. The molecule has 0 aromatic heterocycles. The zero-order valence-corrected chi connectivity index (χ0v) is 20.6. The molecule has 1 heterocycles. The van der Waals surface area contributed by atoms with Crippen molar-refractivity contribution in [3.05, 3.63) is 101 Å². The van der Waals surface area contributed by atoms with Crippen LogP contribution in [-0.2, 0) is 16.0 Å². The number of carbonyl (C=O) groups is 1. The summed E-state index contributed by atoms with van der Waals surface area (Å²) in [6, 6.07) is 24.5. The summed E-state index contributed by atoms with van der Waals surface area (Å²) in [7, 11) is 0. The van der Waals surface area contributed by atoms with Gasteiger partial charge in [-0.25, -0.2) is 0 Å². The van der Waals surface area contributed by atoms with Crippen molar-refractivity contribution in [2.75, 3.05) is 24.6 Å². The maximum absolute atomic E-state index is 14.1. The summed E-state index contributed by atoms with van der Waals surface area (Å²) in [5, 5.41) is 3.54. The van der Waals surface area contributed by atoms with Crippen molar-refractivity contribution in [3.8, 4) is 0 Å². The van der Waals surface area contributed by atoms with Crippen molar-refractivity contribution in [1.82, 2.24) is 5.32 Å². The first kappa shape index (κ1) is 24.2. The standard InChI is InChI=1S/C30H36N2O2/c1-22-11-14-25(15-12-22)17-18-32(27-16-13-23(2)24(3)20-27)30(33)29(26-8-5-4-6-9-26)31-21-28-10-7-19-34-28/h4-6,8-9,11-16,20,28-29,31H,7,10,17-19,21H2,1-3H3. The summed E-state index contributed by atoms with van der Waals surface area (Å²) in [4.78, 5) is 16.1. The van der Waals surface area contributed by atoms with Gasteiger partial charge in [0.25, 0.3) is 0 Å². The van der Waals surface area contributed by atoms with Gasteiger partial charge in [-0.15, -0.1) is 0 Å². The van der Waals surface area contributed by atoms with E-state index in [0.29, 0.717) is 13.1 Å². The van der Waals surface area contributed by atoms with E-state index in [4.69, 9.17) is 4.74 Å². The second-order valence-electron chi connectivity index (χ2n) is 9.38. The number of anilines is 1. The second-order valence-corrected chi connectivity index (χ2v) is 9.38. The Morgan fingerprint density at radius 2 is 1.76 bits per heavy atom. The van der Waals surface area contributed by atoms with Gasteiger partial charge in [0, 0.05) is 25.4 Å². The number of nitrogens with zero attached hydrogens (tertiary/aromatic N) is 1. The van der Waals surface area contributed by atoms with E-state index in [-0.39, 0.29) is 12.0 Å². The van der Waals surface area contributed by atoms with Gasteiger partial charge < -0.3 is 9.64 Å². The van der Waals surface area contributed by atoms with Crippen LogP contribution < -0.4 is 10.2 Å². The van der Waals surface area contributed by atoms with Crippen LogP contribution in [-0.4, -0.2) is 31.7 Å². The van der Waals surface area contributed by atoms with E-state index in [1.54, 1.807) is 0 Å². The minimum atomic E-state index is -0.426. The van der Waals surface area contributed by atoms with Crippen molar-refractivity contribution in [2.24, 2.45) is 0 Å². The highest BCUT2D eigenvalue weighted by atomic mass is 16.5. The molecule has 1 saturated heterocycles. The van der Waals surface area contributed by atoms with E-state index in [2.05, 4.69) is 68.6 Å². The third-order valence-electron chi connectivity index (χ3n) is 6.77. The Morgan fingerprint density at radius 1 is 1.00 bits per heavy atom. The quantitative estimate of drug-likeness (QED) is 0.449. The topological polar surface area (TPSA) is 41.6 Å². The van der Waals surface area contributed by atoms with Crippen molar-refractivity contribution in [2.45, 2.75) is 52.2 Å². The first-order valence-electron chi connectivity index (χ1n) is 12.4. The largest absolute Gasteiger partial charge is 0.377 e. The number of ether oxygens (including phenoxy) is 1. The fourth-order valence-electron chi connectivity index (χ4n) is 4.46. The molecule has 1 fully saturated rings. The summed E-state index contributed by atoms with van der Waals surface area (Å²) in [6.07, 6.45) is 3.09. The molecule has 4 heteroatoms. The molecule has 0 bridgehead atoms. The van der Waals surface area contributed by atoms with Gasteiger partial charge in [0.15, 0.2) is 0 Å². The molecule has 0 aliphatic carbocycles. The molecule has 1 aliphatic heterocycles. The smallest absolute Gasteiger partial charge is 0.248 e. The number of benzene rings is 3. The van der Waals surface area contributed by atoms with Gasteiger partial charge in [-0.05, 0) is 74.4 Å². The zero-order valence-electron chi connectivity index (χ0n) is 20.6. The predicted molar refractivity (Wildman–Crippen MR) is 139 cm³/mol. The van der Waals surface area contributed by atoms with Crippen LogP contribution in [0.25, 0.3) is 0 Å². The number of rotatable bonds is 9. The van der Waals surface area contributed by atoms with Gasteiger partial charge >= 0.3 is 0 Å². The number of aryl methyl sites for hydroxylation is 3. The molecule has 0 radical (unpaired) electrons. The van der Waals surface area contributed by atoms with Crippen molar-refractivity contribution in [3.63, 3.8) is 0 Å². The minimum Gasteiger partial charge on any atom is -0.377 e. The summed E-state index contributed by atoms with van der Waals surface area (Å²) in [5.74, 6) is 0.0690. The highest BCUT2D eigenvalue weighted by Crippen LogP contribution is 2.25. The molecule has 178 valence electrons. The summed E-state index contributed by atoms with van der Waals surface area (Å²) >= 11 is 0. The Balaban J connectivity index is 1.62. The van der Waals surface area contributed by atoms with Gasteiger partial charge in [0.05, 0.1) is 6.10 Å². The van der Waals surface area contributed by atoms with Crippen molar-refractivity contribution < 1.29 is 9.53 Å². The molecule has 4 nitrogen and oxygen atoms in total. The highest BCUT2D eigenvalue weighted by Gasteiger charge is 2.28. The van der Waals surface area contributed by atoms with Crippen molar-refractivity contribution in [1.29, 1.82) is 0 Å². The molecule has 1 N–H and O–H groups in total. The fourth-order valence-corrected chi connectivity index (χ4v) is 4.46. The Bertz CT molecular complexity index is 1070. The molecular weight excluding hydrogens is 420 g/mol. The number of hydrogen-bond donors (Lipinski definition) is 1. The lowest BCUT2D eigenvalue weighted by Crippen LogP contribution is -2.44. The molecule has 0 spiro atoms. The van der Waals surface area contributed by atoms with E-state index in [1.165, 1.54) is 22.3 Å². The van der Waals surface area contributed by atoms with E-state index in [9.17, 15) is 4.79 Å². The zero-order chi connectivity index (χ0) is 23.9. The van der Waals surface area contributed by atoms with Crippen LogP contribution in [0.5, 0.6) is 0 Å². The number of amides is 1. The Labute approximate surface area is 204 Å². The third-order valence-corrected chi connectivity index (χ3v) is 6.77. The lowest BCUT2D eigenvalue weighted by molar-refractivity contribution is -0.120. The molecule has 3 aromatic carbocycles. The third kappa shape index (κ3) is 6.13. The number of nitrogens with one attached hydrogen (secondary N) is 1. The molecule has 1 amide bonds. The van der Waals surface area contributed by atoms with Crippen LogP contribution in [0.1, 0.15) is 46.7 Å². The van der Waals surface area contributed by atoms with Gasteiger partial charge in [-0.3, -0.25) is 10.1 Å². The summed E-state index contributed by atoms with van der Waals surface area (Å²) in [5.41, 5.74) is 6.82. The SMILES string of the molecule is Cc1ccc(CCN(C(=O)C(NCC2CCCO2)c2ccccc2)c2ccc(C)c(C)c2)cc1. The van der Waals surface area contributed by atoms with Gasteiger partial charge in [-0.2, -0.15) is 0 Å². The predicted octanol–water partition coefficient (Wildman–Crippen LogP) is 5.70. The summed E-state index contributed by atoms with van der Waals surface area (Å²) in [6.45, 7) is 8.40. The van der Waals surface area contributed by atoms with Crippen LogP contribution in [0.4, 0.5) is 5.69 Å². The molecule has 2 unspecified atom stereocenters. The Hall–Kier alpha value is -2.95. The van der Waals surface area contributed by atoms with E-state index >= 15 is 0 Å². The number of carbonyl (C=O) groups excluding carboxylic acids is 1. The van der Waals surface area contributed by atoms with E-state index in [0.717, 1.165) is 37.1 Å². The Kier molecular flexibility index (Phi) is 8.15. The molecule has 3 aromatic rings. The molecule has 2 atom stereocenters. The Morgan fingerprint density at radius 3 is 2.44 bits per heavy atom. The lowest BCUT2D eigenvalue weighted by atomic mass is 10.0. The first-order valence-corrected chi connectivity index (χ1v) is 12.4. The molecule has 0 saturated carbocycles. The lowest BCUT2D eigenvalue weighted by Gasteiger charge is -2.29. The van der Waals surface area contributed by atoms with Crippen LogP contribution in [0.15, 0.2) is 72.8 Å². The van der Waals surface area contributed by atoms with Crippen LogP contribution in [0, 0.1) is 20.8 Å². The molecule has 1 aliphatic rings. The van der Waals surface area contributed by atoms with Crippen LogP contribution in [0.3, 0.4) is 0 Å². The monoisotopic (exact) mass is 456 g/mol.